The molecule has 0 atom stereocenters. The van der Waals surface area contributed by atoms with Crippen LogP contribution in [0.25, 0.3) is 0 Å². The van der Waals surface area contributed by atoms with E-state index in [1.54, 1.807) is 0 Å². The highest BCUT2D eigenvalue weighted by Gasteiger charge is 2.18. The van der Waals surface area contributed by atoms with Crippen LogP contribution in [-0.4, -0.2) is 29.1 Å². The summed E-state index contributed by atoms with van der Waals surface area (Å²) in [5, 5.41) is 18.4. The van der Waals surface area contributed by atoms with Crippen LogP contribution < -0.4 is 4.74 Å². The first-order valence-corrected chi connectivity index (χ1v) is 4.58. The number of carbonyl (C=O) groups is 2. The zero-order chi connectivity index (χ0) is 12.3. The topological polar surface area (TPSA) is 83.8 Å². The number of benzene rings is 1. The molecule has 1 aromatic rings. The van der Waals surface area contributed by atoms with Gasteiger partial charge in [0, 0.05) is 12.5 Å². The number of hydrogen-bond donors (Lipinski definition) is 2. The molecule has 0 amide bonds. The van der Waals surface area contributed by atoms with Crippen molar-refractivity contribution in [1.82, 2.24) is 0 Å². The lowest BCUT2D eigenvalue weighted by Crippen LogP contribution is -2.07. The smallest absolute Gasteiger partial charge is 0.339 e. The third-order valence-corrected chi connectivity index (χ3v) is 2.06. The molecule has 86 valence electrons. The number of hydrogen-bond acceptors (Lipinski definition) is 4. The second kappa shape index (κ2) is 4.65. The zero-order valence-corrected chi connectivity index (χ0v) is 8.98. The van der Waals surface area contributed by atoms with Crippen LogP contribution in [0.2, 0.25) is 0 Å². The first-order chi connectivity index (χ1) is 7.45. The number of ether oxygens (including phenoxy) is 1. The number of carboxylic acid groups (broad SMARTS) is 1. The van der Waals surface area contributed by atoms with Crippen molar-refractivity contribution in [1.29, 1.82) is 0 Å². The number of ketones is 1. The number of rotatable bonds is 4. The van der Waals surface area contributed by atoms with E-state index in [2.05, 4.69) is 0 Å². The fourth-order valence-corrected chi connectivity index (χ4v) is 1.43. The maximum Gasteiger partial charge on any atom is 0.339 e. The third kappa shape index (κ3) is 2.50. The number of aromatic hydroxyl groups is 1. The summed E-state index contributed by atoms with van der Waals surface area (Å²) in [5.74, 6) is -1.53. The van der Waals surface area contributed by atoms with Gasteiger partial charge in [-0.2, -0.15) is 0 Å². The molecule has 0 fully saturated rings. The van der Waals surface area contributed by atoms with Crippen molar-refractivity contribution < 1.29 is 24.5 Å². The number of phenols is 1. The predicted molar refractivity (Wildman–Crippen MR) is 56.0 cm³/mol. The molecule has 0 heterocycles. The molecule has 0 saturated carbocycles. The molecule has 0 aliphatic carbocycles. The Labute approximate surface area is 92.3 Å². The average molecular weight is 224 g/mol. The summed E-state index contributed by atoms with van der Waals surface area (Å²) in [6.07, 6.45) is -0.0492. The van der Waals surface area contributed by atoms with Crippen molar-refractivity contribution in [2.24, 2.45) is 0 Å². The normalized spacial score (nSPS) is 9.88. The molecule has 0 spiro atoms. The Balaban J connectivity index is 3.34. The number of carboxylic acids is 1. The second-order valence-electron chi connectivity index (χ2n) is 3.36. The fraction of sp³-hybridized carbons (Fsp3) is 0.273. The van der Waals surface area contributed by atoms with E-state index < -0.39 is 11.7 Å². The molecule has 1 aromatic carbocycles. The van der Waals surface area contributed by atoms with Gasteiger partial charge >= 0.3 is 5.97 Å². The molecular formula is C11H12O5. The van der Waals surface area contributed by atoms with Crippen LogP contribution in [-0.2, 0) is 11.2 Å². The highest BCUT2D eigenvalue weighted by molar-refractivity contribution is 5.94. The monoisotopic (exact) mass is 224 g/mol. The lowest BCUT2D eigenvalue weighted by molar-refractivity contribution is -0.116. The van der Waals surface area contributed by atoms with Gasteiger partial charge in [-0.1, -0.05) is 0 Å². The minimum absolute atomic E-state index is 0.0492. The van der Waals surface area contributed by atoms with Crippen molar-refractivity contribution >= 4 is 11.8 Å². The zero-order valence-electron chi connectivity index (χ0n) is 8.98. The molecule has 0 unspecified atom stereocenters. The highest BCUT2D eigenvalue weighted by atomic mass is 16.5. The van der Waals surface area contributed by atoms with Gasteiger partial charge in [0.05, 0.1) is 7.11 Å². The summed E-state index contributed by atoms with van der Waals surface area (Å²) in [4.78, 5) is 21.9. The van der Waals surface area contributed by atoms with Crippen LogP contribution in [0.15, 0.2) is 12.1 Å². The van der Waals surface area contributed by atoms with Gasteiger partial charge in [0.25, 0.3) is 0 Å². The number of carbonyl (C=O) groups excluding carboxylic acids is 1. The van der Waals surface area contributed by atoms with Crippen molar-refractivity contribution in [3.05, 3.63) is 23.3 Å². The molecule has 2 N–H and O–H groups in total. The van der Waals surface area contributed by atoms with Crippen LogP contribution >= 0.6 is 0 Å². The lowest BCUT2D eigenvalue weighted by Gasteiger charge is -2.09. The Hall–Kier alpha value is -2.04. The van der Waals surface area contributed by atoms with E-state index in [1.807, 2.05) is 0 Å². The van der Waals surface area contributed by atoms with Crippen molar-refractivity contribution in [2.45, 2.75) is 13.3 Å². The van der Waals surface area contributed by atoms with E-state index >= 15 is 0 Å². The average Bonchev–Trinajstić information content (AvgIpc) is 2.14. The molecule has 16 heavy (non-hydrogen) atoms. The molecule has 0 aromatic heterocycles. The van der Waals surface area contributed by atoms with E-state index in [1.165, 1.54) is 26.2 Å². The largest absolute Gasteiger partial charge is 0.507 e. The van der Waals surface area contributed by atoms with Crippen LogP contribution in [0.3, 0.4) is 0 Å². The summed E-state index contributed by atoms with van der Waals surface area (Å²) >= 11 is 0. The summed E-state index contributed by atoms with van der Waals surface area (Å²) in [7, 11) is 1.40. The van der Waals surface area contributed by atoms with Crippen molar-refractivity contribution in [3.8, 4) is 11.5 Å². The van der Waals surface area contributed by atoms with Crippen LogP contribution in [0.5, 0.6) is 11.5 Å². The fourth-order valence-electron chi connectivity index (χ4n) is 1.43. The first kappa shape index (κ1) is 12.0. The van der Waals surface area contributed by atoms with Gasteiger partial charge in [0.1, 0.15) is 22.8 Å². The van der Waals surface area contributed by atoms with Gasteiger partial charge in [-0.3, -0.25) is 4.79 Å². The molecule has 0 saturated heterocycles. The minimum Gasteiger partial charge on any atom is -0.507 e. The van der Waals surface area contributed by atoms with E-state index in [0.29, 0.717) is 5.75 Å². The molecule has 0 aliphatic rings. The Morgan fingerprint density at radius 3 is 2.44 bits per heavy atom. The molecule has 1 rings (SSSR count). The van der Waals surface area contributed by atoms with E-state index in [4.69, 9.17) is 9.84 Å². The predicted octanol–water partition coefficient (Wildman–Crippen LogP) is 1.23. The number of aromatic carboxylic acids is 1. The summed E-state index contributed by atoms with van der Waals surface area (Å²) < 4.78 is 4.89. The summed E-state index contributed by atoms with van der Waals surface area (Å²) in [6.45, 7) is 1.35. The van der Waals surface area contributed by atoms with E-state index in [9.17, 15) is 14.7 Å². The Morgan fingerprint density at radius 1 is 1.38 bits per heavy atom. The van der Waals surface area contributed by atoms with Gasteiger partial charge < -0.3 is 14.9 Å². The molecular weight excluding hydrogens is 212 g/mol. The molecule has 0 radical (unpaired) electrons. The van der Waals surface area contributed by atoms with Gasteiger partial charge in [0.15, 0.2) is 0 Å². The maximum atomic E-state index is 11.0. The Kier molecular flexibility index (Phi) is 3.50. The summed E-state index contributed by atoms with van der Waals surface area (Å²) in [6, 6.07) is 2.64. The highest BCUT2D eigenvalue weighted by Crippen LogP contribution is 2.28. The number of Topliss-reactive ketones (excluding diaryl/α,β-unsaturated/α-hetero) is 1. The van der Waals surface area contributed by atoms with Crippen molar-refractivity contribution in [2.75, 3.05) is 7.11 Å². The standard InChI is InChI=1S/C11H12O5/c1-6(12)3-7-4-8(16-2)5-9(13)10(7)11(14)15/h4-5,13H,3H2,1-2H3,(H,14,15). The summed E-state index contributed by atoms with van der Waals surface area (Å²) in [5.41, 5.74) is -0.00662. The van der Waals surface area contributed by atoms with Crippen LogP contribution in [0.4, 0.5) is 0 Å². The number of methoxy groups -OCH3 is 1. The Morgan fingerprint density at radius 2 is 2.00 bits per heavy atom. The minimum atomic E-state index is -1.27. The lowest BCUT2D eigenvalue weighted by atomic mass is 10.0. The van der Waals surface area contributed by atoms with E-state index in [0.717, 1.165) is 0 Å². The van der Waals surface area contributed by atoms with Gasteiger partial charge in [-0.05, 0) is 18.6 Å². The van der Waals surface area contributed by atoms with Crippen LogP contribution in [0, 0.1) is 0 Å². The van der Waals surface area contributed by atoms with Crippen molar-refractivity contribution in [3.63, 3.8) is 0 Å². The van der Waals surface area contributed by atoms with Crippen LogP contribution in [0.1, 0.15) is 22.8 Å². The molecule has 0 aliphatic heterocycles. The van der Waals surface area contributed by atoms with Gasteiger partial charge in [0.2, 0.25) is 0 Å². The molecule has 5 nitrogen and oxygen atoms in total. The van der Waals surface area contributed by atoms with Gasteiger partial charge in [-0.25, -0.2) is 4.79 Å². The molecule has 5 heteroatoms. The molecule has 0 bridgehead atoms. The SMILES string of the molecule is COc1cc(O)c(C(=O)O)c(CC(C)=O)c1. The van der Waals surface area contributed by atoms with E-state index in [-0.39, 0.29) is 23.3 Å². The maximum absolute atomic E-state index is 11.0. The second-order valence-corrected chi connectivity index (χ2v) is 3.36. The van der Waals surface area contributed by atoms with Gasteiger partial charge in [-0.15, -0.1) is 0 Å². The Bertz CT molecular complexity index is 436. The quantitative estimate of drug-likeness (QED) is 0.803. The first-order valence-electron chi connectivity index (χ1n) is 4.58. The third-order valence-electron chi connectivity index (χ3n) is 2.06.